The third-order valence-corrected chi connectivity index (χ3v) is 2.08. The van der Waals surface area contributed by atoms with Crippen molar-refractivity contribution in [3.63, 3.8) is 0 Å². The third-order valence-electron chi connectivity index (χ3n) is 2.08. The summed E-state index contributed by atoms with van der Waals surface area (Å²) in [6, 6.07) is 3.25. The van der Waals surface area contributed by atoms with Gasteiger partial charge >= 0.3 is 6.61 Å². The molecule has 0 fully saturated rings. The Bertz CT molecular complexity index is 509. The van der Waals surface area contributed by atoms with Crippen molar-refractivity contribution in [3.8, 4) is 11.8 Å². The molecule has 0 aliphatic heterocycles. The van der Waals surface area contributed by atoms with Crippen LogP contribution in [0.4, 0.5) is 17.6 Å². The Kier molecular flexibility index (Phi) is 4.26. The van der Waals surface area contributed by atoms with Gasteiger partial charge in [-0.15, -0.1) is 0 Å². The molecule has 0 radical (unpaired) electrons. The van der Waals surface area contributed by atoms with Crippen molar-refractivity contribution in [2.75, 3.05) is 0 Å². The molecule has 3 nitrogen and oxygen atoms in total. The van der Waals surface area contributed by atoms with Gasteiger partial charge in [0.1, 0.15) is 5.75 Å². The number of halogens is 4. The lowest BCUT2D eigenvalue weighted by Gasteiger charge is -2.13. The average molecular weight is 261 g/mol. The highest BCUT2D eigenvalue weighted by atomic mass is 19.3. The van der Waals surface area contributed by atoms with E-state index in [-0.39, 0.29) is 5.56 Å². The monoisotopic (exact) mass is 261 g/mol. The lowest BCUT2D eigenvalue weighted by molar-refractivity contribution is -0.0520. The SMILES string of the molecule is CC(=O)c1cc(C#N)cc(OC(F)F)c1C(F)F. The van der Waals surface area contributed by atoms with E-state index in [1.165, 1.54) is 0 Å². The fraction of sp³-hybridized carbons (Fsp3) is 0.273. The summed E-state index contributed by atoms with van der Waals surface area (Å²) in [4.78, 5) is 11.2. The number of Topliss-reactive ketones (excluding diaryl/α,β-unsaturated/α-hetero) is 1. The van der Waals surface area contributed by atoms with Crippen molar-refractivity contribution in [3.05, 3.63) is 28.8 Å². The summed E-state index contributed by atoms with van der Waals surface area (Å²) in [5, 5.41) is 8.64. The van der Waals surface area contributed by atoms with Gasteiger partial charge in [-0.2, -0.15) is 14.0 Å². The molecule has 0 saturated heterocycles. The van der Waals surface area contributed by atoms with Gasteiger partial charge in [0.25, 0.3) is 6.43 Å². The van der Waals surface area contributed by atoms with Crippen LogP contribution in [-0.2, 0) is 0 Å². The van der Waals surface area contributed by atoms with Crippen LogP contribution in [0.25, 0.3) is 0 Å². The van der Waals surface area contributed by atoms with Crippen LogP contribution in [0.1, 0.15) is 34.8 Å². The van der Waals surface area contributed by atoms with Crippen LogP contribution in [0.2, 0.25) is 0 Å². The van der Waals surface area contributed by atoms with Crippen molar-refractivity contribution in [1.29, 1.82) is 5.26 Å². The van der Waals surface area contributed by atoms with Crippen LogP contribution in [0.15, 0.2) is 12.1 Å². The van der Waals surface area contributed by atoms with Gasteiger partial charge in [-0.3, -0.25) is 4.79 Å². The van der Waals surface area contributed by atoms with Crippen LogP contribution >= 0.6 is 0 Å². The standard InChI is InChI=1S/C11H7F4NO2/c1-5(17)7-2-6(4-16)3-8(18-11(14)15)9(7)10(12)13/h2-3,10-11H,1H3. The molecule has 0 atom stereocenters. The van der Waals surface area contributed by atoms with Crippen LogP contribution in [0.3, 0.4) is 0 Å². The molecule has 7 heteroatoms. The zero-order valence-electron chi connectivity index (χ0n) is 9.08. The molecule has 0 heterocycles. The van der Waals surface area contributed by atoms with E-state index in [2.05, 4.69) is 4.74 Å². The number of benzene rings is 1. The van der Waals surface area contributed by atoms with Gasteiger partial charge in [0.15, 0.2) is 5.78 Å². The van der Waals surface area contributed by atoms with Gasteiger partial charge in [0.2, 0.25) is 0 Å². The van der Waals surface area contributed by atoms with Crippen LogP contribution < -0.4 is 4.74 Å². The molecule has 18 heavy (non-hydrogen) atoms. The van der Waals surface area contributed by atoms with Gasteiger partial charge in [-0.05, 0) is 19.1 Å². The van der Waals surface area contributed by atoms with Crippen molar-refractivity contribution >= 4 is 5.78 Å². The minimum absolute atomic E-state index is 0.208. The minimum atomic E-state index is -3.32. The summed E-state index contributed by atoms with van der Waals surface area (Å²) < 4.78 is 53.7. The van der Waals surface area contributed by atoms with Crippen molar-refractivity contribution < 1.29 is 27.1 Å². The number of carbonyl (C=O) groups excluding carboxylic acids is 1. The normalized spacial score (nSPS) is 10.6. The van der Waals surface area contributed by atoms with Gasteiger partial charge in [0.05, 0.1) is 17.2 Å². The van der Waals surface area contributed by atoms with Crippen molar-refractivity contribution in [1.82, 2.24) is 0 Å². The quantitative estimate of drug-likeness (QED) is 0.617. The zero-order valence-corrected chi connectivity index (χ0v) is 9.08. The summed E-state index contributed by atoms with van der Waals surface area (Å²) in [5.74, 6) is -1.62. The number of nitriles is 1. The van der Waals surface area contributed by atoms with Crippen LogP contribution in [0.5, 0.6) is 5.75 Å². The number of ether oxygens (including phenoxy) is 1. The maximum Gasteiger partial charge on any atom is 0.387 e. The molecule has 0 saturated carbocycles. The largest absolute Gasteiger partial charge is 0.434 e. The summed E-state index contributed by atoms with van der Waals surface area (Å²) in [5.41, 5.74) is -1.64. The summed E-state index contributed by atoms with van der Waals surface area (Å²) in [6.07, 6.45) is -3.16. The molecule has 0 aromatic heterocycles. The van der Waals surface area contributed by atoms with Gasteiger partial charge in [0, 0.05) is 5.56 Å². The van der Waals surface area contributed by atoms with Crippen molar-refractivity contribution in [2.24, 2.45) is 0 Å². The third kappa shape index (κ3) is 2.97. The lowest BCUT2D eigenvalue weighted by Crippen LogP contribution is -2.09. The van der Waals surface area contributed by atoms with E-state index in [9.17, 15) is 22.4 Å². The average Bonchev–Trinajstić information content (AvgIpc) is 2.26. The first-order chi connectivity index (χ1) is 8.36. The lowest BCUT2D eigenvalue weighted by atomic mass is 10.0. The highest BCUT2D eigenvalue weighted by Crippen LogP contribution is 2.34. The minimum Gasteiger partial charge on any atom is -0.434 e. The second kappa shape index (κ2) is 5.49. The zero-order chi connectivity index (χ0) is 13.9. The molecule has 1 rings (SSSR count). The summed E-state index contributed by atoms with van der Waals surface area (Å²) >= 11 is 0. The van der Waals surface area contributed by atoms with Crippen molar-refractivity contribution in [2.45, 2.75) is 20.0 Å². The molecule has 0 amide bonds. The fourth-order valence-electron chi connectivity index (χ4n) is 1.40. The Hall–Kier alpha value is -2.10. The molecule has 0 bridgehead atoms. The van der Waals surface area contributed by atoms with E-state index >= 15 is 0 Å². The first-order valence-electron chi connectivity index (χ1n) is 4.68. The van der Waals surface area contributed by atoms with E-state index in [1.54, 1.807) is 6.07 Å². The molecule has 0 unspecified atom stereocenters. The van der Waals surface area contributed by atoms with Crippen LogP contribution in [0, 0.1) is 11.3 Å². The maximum absolute atomic E-state index is 12.8. The summed E-state index contributed by atoms with van der Waals surface area (Å²) in [6.45, 7) is -2.33. The number of alkyl halides is 4. The number of hydrogen-bond donors (Lipinski definition) is 0. The molecule has 0 aliphatic carbocycles. The first-order valence-corrected chi connectivity index (χ1v) is 4.68. The number of rotatable bonds is 4. The fourth-order valence-corrected chi connectivity index (χ4v) is 1.40. The molecule has 0 N–H and O–H groups in total. The van der Waals surface area contributed by atoms with Crippen LogP contribution in [-0.4, -0.2) is 12.4 Å². The molecule has 1 aromatic carbocycles. The van der Waals surface area contributed by atoms with E-state index in [0.717, 1.165) is 19.1 Å². The smallest absolute Gasteiger partial charge is 0.387 e. The topological polar surface area (TPSA) is 50.1 Å². The van der Waals surface area contributed by atoms with E-state index in [4.69, 9.17) is 5.26 Å². The van der Waals surface area contributed by atoms with Gasteiger partial charge < -0.3 is 4.74 Å². The molecule has 96 valence electrons. The highest BCUT2D eigenvalue weighted by molar-refractivity contribution is 5.96. The maximum atomic E-state index is 12.8. The summed E-state index contributed by atoms with van der Waals surface area (Å²) in [7, 11) is 0. The Balaban J connectivity index is 3.50. The predicted molar refractivity (Wildman–Crippen MR) is 52.8 cm³/mol. The number of ketones is 1. The second-order valence-corrected chi connectivity index (χ2v) is 3.28. The van der Waals surface area contributed by atoms with E-state index in [1.807, 2.05) is 0 Å². The van der Waals surface area contributed by atoms with Gasteiger partial charge in [-0.25, -0.2) is 8.78 Å². The molecular weight excluding hydrogens is 254 g/mol. The Morgan fingerprint density at radius 2 is 1.94 bits per heavy atom. The Morgan fingerprint density at radius 3 is 2.33 bits per heavy atom. The molecule has 0 spiro atoms. The Morgan fingerprint density at radius 1 is 1.33 bits per heavy atom. The first kappa shape index (κ1) is 14.0. The number of nitrogens with zero attached hydrogens (tertiary/aromatic N) is 1. The molecule has 1 aromatic rings. The Labute approximate surface area is 99.6 Å². The van der Waals surface area contributed by atoms with Gasteiger partial charge in [-0.1, -0.05) is 0 Å². The highest BCUT2D eigenvalue weighted by Gasteiger charge is 2.24. The number of carbonyl (C=O) groups is 1. The second-order valence-electron chi connectivity index (χ2n) is 3.28. The van der Waals surface area contributed by atoms with E-state index in [0.29, 0.717) is 0 Å². The molecule has 0 aliphatic rings. The molecular formula is C11H7F4NO2. The van der Waals surface area contributed by atoms with E-state index < -0.39 is 35.7 Å². The predicted octanol–water partition coefficient (Wildman–Crippen LogP) is 3.30. The number of hydrogen-bond acceptors (Lipinski definition) is 3.